The average molecular weight is 187 g/mol. The molecule has 2 heterocycles. The van der Waals surface area contributed by atoms with Gasteiger partial charge in [-0.1, -0.05) is 0 Å². The largest absolute Gasteiger partial charge is 0.479 e. The molecular formula is C8H13NO4. The smallest absolute Gasteiger partial charge is 0.337 e. The maximum Gasteiger partial charge on any atom is 0.337 e. The number of hydrogen-bond acceptors (Lipinski definition) is 4. The predicted octanol–water partition coefficient (Wildman–Crippen LogP) is -0.781. The van der Waals surface area contributed by atoms with E-state index in [1.54, 1.807) is 7.11 Å². The van der Waals surface area contributed by atoms with E-state index in [0.717, 1.165) is 0 Å². The van der Waals surface area contributed by atoms with E-state index in [4.69, 9.17) is 14.6 Å². The first-order chi connectivity index (χ1) is 6.13. The number of morpholine rings is 1. The maximum atomic E-state index is 10.9. The number of carboxylic acid groups (broad SMARTS) is 1. The third kappa shape index (κ3) is 1.15. The monoisotopic (exact) mass is 187 g/mol. The second kappa shape index (κ2) is 2.67. The number of ether oxygens (including phenoxy) is 2. The van der Waals surface area contributed by atoms with Gasteiger partial charge in [0.15, 0.2) is 5.60 Å². The number of nitrogens with one attached hydrogen (secondary N) is 1. The average Bonchev–Trinajstić information content (AvgIpc) is 2.61. The molecule has 2 aliphatic heterocycles. The molecule has 13 heavy (non-hydrogen) atoms. The lowest BCUT2D eigenvalue weighted by atomic mass is 9.95. The number of aliphatic carboxylic acids is 1. The third-order valence-electron chi connectivity index (χ3n) is 2.81. The summed E-state index contributed by atoms with van der Waals surface area (Å²) in [5, 5.41) is 12.1. The number of hydrogen-bond donors (Lipinski definition) is 2. The molecule has 2 atom stereocenters. The number of carboxylic acids is 1. The van der Waals surface area contributed by atoms with Gasteiger partial charge in [0.05, 0.1) is 18.8 Å². The number of methoxy groups -OCH3 is 1. The normalized spacial score (nSPS) is 42.5. The summed E-state index contributed by atoms with van der Waals surface area (Å²) in [5.41, 5.74) is -1.27. The van der Waals surface area contributed by atoms with E-state index in [1.165, 1.54) is 0 Å². The first kappa shape index (κ1) is 8.93. The first-order valence-corrected chi connectivity index (χ1v) is 4.24. The van der Waals surface area contributed by atoms with Crippen molar-refractivity contribution in [2.24, 2.45) is 0 Å². The summed E-state index contributed by atoms with van der Waals surface area (Å²) in [6.45, 7) is 1.31. The Hall–Kier alpha value is -0.650. The van der Waals surface area contributed by atoms with Crippen LogP contribution in [-0.4, -0.2) is 49.1 Å². The van der Waals surface area contributed by atoms with Gasteiger partial charge in [0, 0.05) is 20.1 Å². The molecule has 0 amide bonds. The van der Waals surface area contributed by atoms with Crippen molar-refractivity contribution >= 4 is 5.97 Å². The quantitative estimate of drug-likeness (QED) is 0.606. The fraction of sp³-hybridized carbons (Fsp3) is 0.875. The Labute approximate surface area is 76.0 Å². The molecule has 0 saturated carbocycles. The molecule has 2 rings (SSSR count). The van der Waals surface area contributed by atoms with Crippen LogP contribution in [0.2, 0.25) is 0 Å². The van der Waals surface area contributed by atoms with E-state index in [9.17, 15) is 4.79 Å². The highest BCUT2D eigenvalue weighted by atomic mass is 16.5. The second-order valence-electron chi connectivity index (χ2n) is 3.83. The van der Waals surface area contributed by atoms with E-state index in [1.807, 2.05) is 0 Å². The minimum absolute atomic E-state index is 0.271. The van der Waals surface area contributed by atoms with E-state index in [0.29, 0.717) is 26.2 Å². The molecule has 2 aliphatic rings. The molecule has 74 valence electrons. The highest BCUT2D eigenvalue weighted by molar-refractivity contribution is 5.79. The fourth-order valence-corrected chi connectivity index (χ4v) is 2.12. The Balaban J connectivity index is 2.14. The van der Waals surface area contributed by atoms with Crippen molar-refractivity contribution in [3.63, 3.8) is 0 Å². The molecule has 0 aromatic rings. The van der Waals surface area contributed by atoms with Crippen molar-refractivity contribution < 1.29 is 19.4 Å². The van der Waals surface area contributed by atoms with Gasteiger partial charge in [0.25, 0.3) is 0 Å². The maximum absolute atomic E-state index is 10.9. The van der Waals surface area contributed by atoms with Crippen LogP contribution in [0.4, 0.5) is 0 Å². The van der Waals surface area contributed by atoms with Gasteiger partial charge in [-0.05, 0) is 0 Å². The van der Waals surface area contributed by atoms with Crippen LogP contribution in [0.1, 0.15) is 6.42 Å². The summed E-state index contributed by atoms with van der Waals surface area (Å²) in [7, 11) is 1.61. The molecular weight excluding hydrogens is 174 g/mol. The molecule has 0 aliphatic carbocycles. The van der Waals surface area contributed by atoms with Gasteiger partial charge in [-0.3, -0.25) is 0 Å². The zero-order valence-corrected chi connectivity index (χ0v) is 7.50. The summed E-state index contributed by atoms with van der Waals surface area (Å²) in [5.74, 6) is -0.879. The van der Waals surface area contributed by atoms with E-state index in [2.05, 4.69) is 5.32 Å². The van der Waals surface area contributed by atoms with Gasteiger partial charge < -0.3 is 19.9 Å². The minimum Gasteiger partial charge on any atom is -0.479 e. The number of carbonyl (C=O) groups is 1. The zero-order chi connectivity index (χ0) is 9.53. The van der Waals surface area contributed by atoms with Crippen molar-refractivity contribution in [1.82, 2.24) is 5.32 Å². The van der Waals surface area contributed by atoms with Gasteiger partial charge in [0.2, 0.25) is 0 Å². The minimum atomic E-state index is -1.00. The lowest BCUT2D eigenvalue weighted by Crippen LogP contribution is -2.51. The highest BCUT2D eigenvalue weighted by Gasteiger charge is 2.60. The van der Waals surface area contributed by atoms with Crippen molar-refractivity contribution in [3.8, 4) is 0 Å². The summed E-state index contributed by atoms with van der Waals surface area (Å²) < 4.78 is 10.4. The molecule has 0 spiro atoms. The summed E-state index contributed by atoms with van der Waals surface area (Å²) in [4.78, 5) is 10.9. The summed E-state index contributed by atoms with van der Waals surface area (Å²) in [6, 6.07) is 0. The zero-order valence-electron chi connectivity index (χ0n) is 7.50. The Morgan fingerprint density at radius 1 is 1.77 bits per heavy atom. The van der Waals surface area contributed by atoms with Crippen LogP contribution in [-0.2, 0) is 14.3 Å². The molecule has 2 saturated heterocycles. The van der Waals surface area contributed by atoms with Crippen molar-refractivity contribution in [2.75, 3.05) is 26.9 Å². The molecule has 0 aromatic heterocycles. The van der Waals surface area contributed by atoms with Crippen LogP contribution in [0.15, 0.2) is 0 Å². The SMILES string of the molecule is COCC12COC(C(=O)O)(CN1)C2. The summed E-state index contributed by atoms with van der Waals surface area (Å²) >= 11 is 0. The van der Waals surface area contributed by atoms with Gasteiger partial charge in [-0.15, -0.1) is 0 Å². The van der Waals surface area contributed by atoms with Gasteiger partial charge in [-0.2, -0.15) is 0 Å². The van der Waals surface area contributed by atoms with Crippen molar-refractivity contribution in [2.45, 2.75) is 17.6 Å². The van der Waals surface area contributed by atoms with E-state index < -0.39 is 11.6 Å². The molecule has 5 nitrogen and oxygen atoms in total. The standard InChI is InChI=1S/C8H13NO4/c1-12-4-7-2-8(3-9-7,6(10)11)13-5-7/h9H,2-5H2,1H3,(H,10,11). The van der Waals surface area contributed by atoms with Crippen LogP contribution in [0.25, 0.3) is 0 Å². The third-order valence-corrected chi connectivity index (χ3v) is 2.81. The molecule has 2 unspecified atom stereocenters. The van der Waals surface area contributed by atoms with Gasteiger partial charge in [-0.25, -0.2) is 4.79 Å². The molecule has 2 N–H and O–H groups in total. The topological polar surface area (TPSA) is 67.8 Å². The van der Waals surface area contributed by atoms with E-state index >= 15 is 0 Å². The highest BCUT2D eigenvalue weighted by Crippen LogP contribution is 2.39. The Morgan fingerprint density at radius 3 is 2.92 bits per heavy atom. The van der Waals surface area contributed by atoms with Crippen LogP contribution >= 0.6 is 0 Å². The number of fused-ring (bicyclic) bond motifs is 2. The van der Waals surface area contributed by atoms with Crippen molar-refractivity contribution in [1.29, 1.82) is 0 Å². The predicted molar refractivity (Wildman–Crippen MR) is 43.5 cm³/mol. The lowest BCUT2D eigenvalue weighted by Gasteiger charge is -2.27. The fourth-order valence-electron chi connectivity index (χ4n) is 2.12. The van der Waals surface area contributed by atoms with Crippen LogP contribution in [0.3, 0.4) is 0 Å². The van der Waals surface area contributed by atoms with Crippen LogP contribution < -0.4 is 5.32 Å². The molecule has 2 fully saturated rings. The molecule has 0 aromatic carbocycles. The van der Waals surface area contributed by atoms with Gasteiger partial charge in [0.1, 0.15) is 0 Å². The molecule has 0 radical (unpaired) electrons. The summed E-state index contributed by atoms with van der Waals surface area (Å²) in [6.07, 6.45) is 0.503. The van der Waals surface area contributed by atoms with Crippen LogP contribution in [0, 0.1) is 0 Å². The molecule has 5 heteroatoms. The Morgan fingerprint density at radius 2 is 2.54 bits per heavy atom. The van der Waals surface area contributed by atoms with Gasteiger partial charge >= 0.3 is 5.97 Å². The van der Waals surface area contributed by atoms with Crippen molar-refractivity contribution in [3.05, 3.63) is 0 Å². The first-order valence-electron chi connectivity index (χ1n) is 4.24. The Kier molecular flexibility index (Phi) is 1.83. The second-order valence-corrected chi connectivity index (χ2v) is 3.83. The number of rotatable bonds is 3. The Bertz CT molecular complexity index is 232. The molecule has 2 bridgehead atoms. The lowest BCUT2D eigenvalue weighted by molar-refractivity contribution is -0.160. The van der Waals surface area contributed by atoms with Crippen LogP contribution in [0.5, 0.6) is 0 Å². The van der Waals surface area contributed by atoms with E-state index in [-0.39, 0.29) is 5.54 Å².